The van der Waals surface area contributed by atoms with Gasteiger partial charge in [0.15, 0.2) is 0 Å². The molecule has 106 valence electrons. The first kappa shape index (κ1) is 15.4. The average molecular weight is 279 g/mol. The topological polar surface area (TPSA) is 104 Å². The van der Waals surface area contributed by atoms with E-state index in [-0.39, 0.29) is 19.5 Å². The number of hydrogen-bond acceptors (Lipinski definition) is 4. The maximum absolute atomic E-state index is 12.2. The minimum Gasteiger partial charge on any atom is -0.480 e. The molecular weight excluding hydrogens is 258 g/mol. The van der Waals surface area contributed by atoms with E-state index in [2.05, 4.69) is 0 Å². The summed E-state index contributed by atoms with van der Waals surface area (Å²) in [6.45, 7) is 2.40. The summed E-state index contributed by atoms with van der Waals surface area (Å²) in [5.41, 5.74) is 4.21. The summed E-state index contributed by atoms with van der Waals surface area (Å²) in [6.07, 6.45) is 1.81. The summed E-state index contributed by atoms with van der Waals surface area (Å²) in [5, 5.41) is 8.98. The van der Waals surface area contributed by atoms with Crippen LogP contribution in [0.1, 0.15) is 26.2 Å². The summed E-state index contributed by atoms with van der Waals surface area (Å²) in [7, 11) is -2.09. The van der Waals surface area contributed by atoms with Crippen molar-refractivity contribution in [1.82, 2.24) is 8.61 Å². The molecule has 8 heteroatoms. The Morgan fingerprint density at radius 1 is 1.56 bits per heavy atom. The van der Waals surface area contributed by atoms with Gasteiger partial charge in [-0.1, -0.05) is 13.3 Å². The number of nitrogens with zero attached hydrogens (tertiary/aromatic N) is 2. The molecule has 0 amide bonds. The predicted molar refractivity (Wildman–Crippen MR) is 67.2 cm³/mol. The molecule has 3 N–H and O–H groups in total. The van der Waals surface area contributed by atoms with Gasteiger partial charge in [-0.3, -0.25) is 4.79 Å². The van der Waals surface area contributed by atoms with Crippen molar-refractivity contribution in [3.8, 4) is 0 Å². The fourth-order valence-electron chi connectivity index (χ4n) is 1.86. The van der Waals surface area contributed by atoms with E-state index in [1.807, 2.05) is 6.92 Å². The maximum atomic E-state index is 12.2. The van der Waals surface area contributed by atoms with Gasteiger partial charge in [0.1, 0.15) is 5.54 Å². The highest BCUT2D eigenvalue weighted by molar-refractivity contribution is 7.86. The smallest absolute Gasteiger partial charge is 0.325 e. The number of aliphatic carboxylic acids is 1. The fraction of sp³-hybridized carbons (Fsp3) is 0.900. The number of nitrogens with two attached hydrogens (primary N) is 1. The van der Waals surface area contributed by atoms with Crippen LogP contribution in [0.15, 0.2) is 0 Å². The molecule has 1 aliphatic heterocycles. The lowest BCUT2D eigenvalue weighted by Crippen LogP contribution is -2.51. The van der Waals surface area contributed by atoms with Gasteiger partial charge in [0.05, 0.1) is 0 Å². The highest BCUT2D eigenvalue weighted by Gasteiger charge is 2.46. The first-order valence-electron chi connectivity index (χ1n) is 5.97. The van der Waals surface area contributed by atoms with Crippen LogP contribution in [0.2, 0.25) is 0 Å². The normalized spacial score (nSPS) is 25.8. The molecule has 1 fully saturated rings. The van der Waals surface area contributed by atoms with E-state index in [4.69, 9.17) is 10.8 Å². The van der Waals surface area contributed by atoms with E-state index in [0.717, 1.165) is 17.1 Å². The average Bonchev–Trinajstić information content (AvgIpc) is 2.70. The van der Waals surface area contributed by atoms with Gasteiger partial charge in [-0.25, -0.2) is 0 Å². The second-order valence-electron chi connectivity index (χ2n) is 4.73. The van der Waals surface area contributed by atoms with Crippen molar-refractivity contribution in [3.63, 3.8) is 0 Å². The molecule has 0 aromatic heterocycles. The van der Waals surface area contributed by atoms with Gasteiger partial charge in [0.2, 0.25) is 0 Å². The third kappa shape index (κ3) is 3.00. The number of carbonyl (C=O) groups is 1. The molecule has 0 bridgehead atoms. The SMILES string of the molecule is CCCCN(C)S(=O)(=O)N1CCC(N)(C(=O)O)C1. The minimum absolute atomic E-state index is 0.142. The summed E-state index contributed by atoms with van der Waals surface area (Å²) in [4.78, 5) is 11.0. The monoisotopic (exact) mass is 279 g/mol. The number of unbranched alkanes of at least 4 members (excludes halogenated alkanes) is 1. The van der Waals surface area contributed by atoms with Crippen molar-refractivity contribution in [1.29, 1.82) is 0 Å². The van der Waals surface area contributed by atoms with Crippen LogP contribution >= 0.6 is 0 Å². The lowest BCUT2D eigenvalue weighted by molar-refractivity contribution is -0.142. The quantitative estimate of drug-likeness (QED) is 0.679. The Labute approximate surface area is 108 Å². The Kier molecular flexibility index (Phi) is 4.71. The number of carboxylic acid groups (broad SMARTS) is 1. The van der Waals surface area contributed by atoms with Crippen LogP contribution in [0, 0.1) is 0 Å². The summed E-state index contributed by atoms with van der Waals surface area (Å²) >= 11 is 0. The van der Waals surface area contributed by atoms with Crippen molar-refractivity contribution in [2.45, 2.75) is 31.7 Å². The molecule has 1 atom stereocenters. The molecule has 0 spiro atoms. The Balaban J connectivity index is 2.74. The van der Waals surface area contributed by atoms with E-state index < -0.39 is 21.7 Å². The molecule has 7 nitrogen and oxygen atoms in total. The summed E-state index contributed by atoms with van der Waals surface area (Å²) < 4.78 is 26.7. The van der Waals surface area contributed by atoms with Crippen LogP contribution in [-0.4, -0.2) is 60.3 Å². The van der Waals surface area contributed by atoms with Gasteiger partial charge in [0.25, 0.3) is 10.2 Å². The Morgan fingerprint density at radius 2 is 2.17 bits per heavy atom. The number of hydrogen-bond donors (Lipinski definition) is 2. The van der Waals surface area contributed by atoms with E-state index in [1.54, 1.807) is 0 Å². The van der Waals surface area contributed by atoms with Crippen LogP contribution < -0.4 is 5.73 Å². The van der Waals surface area contributed by atoms with Crippen molar-refractivity contribution in [2.24, 2.45) is 5.73 Å². The van der Waals surface area contributed by atoms with Gasteiger partial charge >= 0.3 is 5.97 Å². The third-order valence-corrected chi connectivity index (χ3v) is 5.17. The molecule has 1 rings (SSSR count). The zero-order chi connectivity index (χ0) is 14.0. The van der Waals surface area contributed by atoms with E-state index in [9.17, 15) is 13.2 Å². The molecule has 18 heavy (non-hydrogen) atoms. The number of carboxylic acids is 1. The van der Waals surface area contributed by atoms with Crippen molar-refractivity contribution >= 4 is 16.2 Å². The lowest BCUT2D eigenvalue weighted by atomic mass is 10.0. The first-order valence-corrected chi connectivity index (χ1v) is 7.37. The van der Waals surface area contributed by atoms with Crippen molar-refractivity contribution in [3.05, 3.63) is 0 Å². The van der Waals surface area contributed by atoms with Crippen molar-refractivity contribution < 1.29 is 18.3 Å². The van der Waals surface area contributed by atoms with E-state index in [1.165, 1.54) is 11.4 Å². The van der Waals surface area contributed by atoms with E-state index >= 15 is 0 Å². The summed E-state index contributed by atoms with van der Waals surface area (Å²) in [5.74, 6) is -1.16. The van der Waals surface area contributed by atoms with Crippen molar-refractivity contribution in [2.75, 3.05) is 26.7 Å². The van der Waals surface area contributed by atoms with Crippen LogP contribution in [0.3, 0.4) is 0 Å². The number of rotatable bonds is 6. The molecule has 0 aromatic rings. The summed E-state index contributed by atoms with van der Waals surface area (Å²) in [6, 6.07) is 0. The Bertz CT molecular complexity index is 411. The molecule has 0 aliphatic carbocycles. The van der Waals surface area contributed by atoms with Gasteiger partial charge in [-0.15, -0.1) is 0 Å². The molecule has 1 saturated heterocycles. The molecule has 1 aliphatic rings. The molecule has 0 aromatic carbocycles. The van der Waals surface area contributed by atoms with Crippen LogP contribution in [0.25, 0.3) is 0 Å². The van der Waals surface area contributed by atoms with Gasteiger partial charge < -0.3 is 10.8 Å². The van der Waals surface area contributed by atoms with Crippen LogP contribution in [0.5, 0.6) is 0 Å². The largest absolute Gasteiger partial charge is 0.480 e. The highest BCUT2D eigenvalue weighted by Crippen LogP contribution is 2.23. The predicted octanol–water partition coefficient (Wildman–Crippen LogP) is -0.549. The standard InChI is InChI=1S/C10H21N3O4S/c1-3-4-6-12(2)18(16,17)13-7-5-10(11,8-13)9(14)15/h3-8,11H2,1-2H3,(H,14,15). The Morgan fingerprint density at radius 3 is 2.61 bits per heavy atom. The van der Waals surface area contributed by atoms with Crippen LogP contribution in [0.4, 0.5) is 0 Å². The molecule has 0 saturated carbocycles. The first-order chi connectivity index (χ1) is 8.24. The minimum atomic E-state index is -3.59. The van der Waals surface area contributed by atoms with Gasteiger partial charge in [-0.05, 0) is 12.8 Å². The molecule has 1 heterocycles. The second kappa shape index (κ2) is 5.52. The van der Waals surface area contributed by atoms with E-state index in [0.29, 0.717) is 6.54 Å². The van der Waals surface area contributed by atoms with Gasteiger partial charge in [-0.2, -0.15) is 17.0 Å². The molecular formula is C10H21N3O4S. The zero-order valence-corrected chi connectivity index (χ0v) is 11.6. The lowest BCUT2D eigenvalue weighted by Gasteiger charge is -2.25. The Hall–Kier alpha value is -0.700. The zero-order valence-electron chi connectivity index (χ0n) is 10.8. The fourth-order valence-corrected chi connectivity index (χ4v) is 3.33. The van der Waals surface area contributed by atoms with Gasteiger partial charge in [0, 0.05) is 26.7 Å². The maximum Gasteiger partial charge on any atom is 0.325 e. The van der Waals surface area contributed by atoms with Crippen LogP contribution in [-0.2, 0) is 15.0 Å². The third-order valence-electron chi connectivity index (χ3n) is 3.24. The molecule has 1 unspecified atom stereocenters. The highest BCUT2D eigenvalue weighted by atomic mass is 32.2. The molecule has 0 radical (unpaired) electrons. The second-order valence-corrected chi connectivity index (χ2v) is 6.76.